The molecule has 1 fully saturated rings. The second-order valence-corrected chi connectivity index (χ2v) is 4.72. The number of hydrogen-bond acceptors (Lipinski definition) is 2. The minimum absolute atomic E-state index is 0.125. The van der Waals surface area contributed by atoms with Gasteiger partial charge in [0, 0.05) is 25.0 Å². The first-order valence-corrected chi connectivity index (χ1v) is 5.56. The van der Waals surface area contributed by atoms with Gasteiger partial charge in [-0.2, -0.15) is 0 Å². The van der Waals surface area contributed by atoms with Crippen molar-refractivity contribution in [2.45, 2.75) is 39.7 Å². The van der Waals surface area contributed by atoms with E-state index in [1.165, 1.54) is 0 Å². The Balaban J connectivity index is 2.51. The normalized spacial score (nSPS) is 25.2. The average Bonchev–Trinajstić information content (AvgIpc) is 2.15. The van der Waals surface area contributed by atoms with Crippen LogP contribution < -0.4 is 5.73 Å². The first-order valence-electron chi connectivity index (χ1n) is 5.56. The third-order valence-electron chi connectivity index (χ3n) is 3.16. The number of nitrogens with two attached hydrogens (primary N) is 1. The number of piperidine rings is 1. The molecule has 0 radical (unpaired) electrons. The van der Waals surface area contributed by atoms with Gasteiger partial charge in [0.05, 0.1) is 0 Å². The summed E-state index contributed by atoms with van der Waals surface area (Å²) in [5, 5.41) is 0. The zero-order valence-corrected chi connectivity index (χ0v) is 9.49. The van der Waals surface area contributed by atoms with Crippen molar-refractivity contribution < 1.29 is 4.79 Å². The summed E-state index contributed by atoms with van der Waals surface area (Å²) < 4.78 is 0. The number of carbonyl (C=O) groups excluding carboxylic acids is 1. The highest BCUT2D eigenvalue weighted by Gasteiger charge is 2.26. The molecule has 2 atom stereocenters. The Morgan fingerprint density at radius 3 is 2.57 bits per heavy atom. The molecule has 0 aliphatic carbocycles. The van der Waals surface area contributed by atoms with Crippen LogP contribution in [0.4, 0.5) is 0 Å². The van der Waals surface area contributed by atoms with E-state index >= 15 is 0 Å². The van der Waals surface area contributed by atoms with Gasteiger partial charge in [0.15, 0.2) is 0 Å². The fourth-order valence-electron chi connectivity index (χ4n) is 1.78. The molecular weight excluding hydrogens is 176 g/mol. The number of hydrogen-bond donors (Lipinski definition) is 1. The van der Waals surface area contributed by atoms with Gasteiger partial charge in [-0.3, -0.25) is 4.79 Å². The predicted octanol–water partition coefficient (Wildman–Crippen LogP) is 1.23. The summed E-state index contributed by atoms with van der Waals surface area (Å²) in [4.78, 5) is 13.9. The van der Waals surface area contributed by atoms with Crippen LogP contribution in [0.2, 0.25) is 0 Å². The molecule has 0 aromatic rings. The topological polar surface area (TPSA) is 46.3 Å². The van der Waals surface area contributed by atoms with Crippen molar-refractivity contribution in [3.05, 3.63) is 0 Å². The van der Waals surface area contributed by atoms with Gasteiger partial charge in [0.2, 0.25) is 5.91 Å². The lowest BCUT2D eigenvalue weighted by molar-refractivity contribution is -0.137. The summed E-state index contributed by atoms with van der Waals surface area (Å²) >= 11 is 0. The van der Waals surface area contributed by atoms with Crippen molar-refractivity contribution >= 4 is 5.91 Å². The number of rotatable bonds is 2. The molecule has 82 valence electrons. The van der Waals surface area contributed by atoms with E-state index in [-0.39, 0.29) is 17.9 Å². The molecule has 14 heavy (non-hydrogen) atoms. The largest absolute Gasteiger partial charge is 0.341 e. The Bertz CT molecular complexity index is 203. The monoisotopic (exact) mass is 198 g/mol. The van der Waals surface area contributed by atoms with Gasteiger partial charge in [-0.25, -0.2) is 0 Å². The molecule has 0 bridgehead atoms. The van der Waals surface area contributed by atoms with Crippen molar-refractivity contribution in [3.63, 3.8) is 0 Å². The molecule has 1 aliphatic heterocycles. The molecule has 1 rings (SSSR count). The van der Waals surface area contributed by atoms with Crippen LogP contribution >= 0.6 is 0 Å². The van der Waals surface area contributed by atoms with Gasteiger partial charge >= 0.3 is 0 Å². The first-order chi connectivity index (χ1) is 6.52. The zero-order valence-electron chi connectivity index (χ0n) is 9.49. The van der Waals surface area contributed by atoms with E-state index in [1.807, 2.05) is 11.8 Å². The first kappa shape index (κ1) is 11.5. The average molecular weight is 198 g/mol. The van der Waals surface area contributed by atoms with E-state index in [1.54, 1.807) is 0 Å². The van der Waals surface area contributed by atoms with Crippen LogP contribution in [-0.2, 0) is 4.79 Å². The molecular formula is C11H22N2O. The molecule has 2 N–H and O–H groups in total. The Labute approximate surface area is 86.6 Å². The Hall–Kier alpha value is -0.570. The van der Waals surface area contributed by atoms with Crippen molar-refractivity contribution in [3.8, 4) is 0 Å². The second kappa shape index (κ2) is 4.78. The van der Waals surface area contributed by atoms with Gasteiger partial charge < -0.3 is 10.6 Å². The van der Waals surface area contributed by atoms with Crippen LogP contribution in [0.25, 0.3) is 0 Å². The molecule has 1 heterocycles. The number of nitrogens with zero attached hydrogens (tertiary/aromatic N) is 1. The smallest absolute Gasteiger partial charge is 0.225 e. The molecule has 0 spiro atoms. The third kappa shape index (κ3) is 2.71. The van der Waals surface area contributed by atoms with Gasteiger partial charge in [0.1, 0.15) is 0 Å². The van der Waals surface area contributed by atoms with Crippen molar-refractivity contribution in [2.75, 3.05) is 13.1 Å². The third-order valence-corrected chi connectivity index (χ3v) is 3.16. The lowest BCUT2D eigenvalue weighted by Gasteiger charge is -2.33. The highest BCUT2D eigenvalue weighted by atomic mass is 16.2. The molecule has 3 nitrogen and oxygen atoms in total. The quantitative estimate of drug-likeness (QED) is 0.725. The maximum atomic E-state index is 12.0. The standard InChI is InChI=1S/C11H22N2O/c1-8(2)9(3)11(14)13-6-4-5-10(12)7-13/h8-10H,4-7,12H2,1-3H3. The Morgan fingerprint density at radius 1 is 1.43 bits per heavy atom. The van der Waals surface area contributed by atoms with E-state index in [0.29, 0.717) is 5.92 Å². The highest BCUT2D eigenvalue weighted by Crippen LogP contribution is 2.16. The summed E-state index contributed by atoms with van der Waals surface area (Å²) in [6, 6.07) is 0.187. The molecule has 2 unspecified atom stereocenters. The molecule has 0 saturated carbocycles. The van der Waals surface area contributed by atoms with E-state index in [2.05, 4.69) is 13.8 Å². The highest BCUT2D eigenvalue weighted by molar-refractivity contribution is 5.78. The van der Waals surface area contributed by atoms with Crippen LogP contribution in [-0.4, -0.2) is 29.9 Å². The molecule has 0 aromatic heterocycles. The minimum atomic E-state index is 0.125. The van der Waals surface area contributed by atoms with Gasteiger partial charge in [-0.05, 0) is 18.8 Å². The maximum absolute atomic E-state index is 12.0. The van der Waals surface area contributed by atoms with E-state index in [4.69, 9.17) is 5.73 Å². The summed E-state index contributed by atoms with van der Waals surface area (Å²) in [5.74, 6) is 0.816. The summed E-state index contributed by atoms with van der Waals surface area (Å²) in [5.41, 5.74) is 5.85. The fraction of sp³-hybridized carbons (Fsp3) is 0.909. The van der Waals surface area contributed by atoms with Crippen molar-refractivity contribution in [2.24, 2.45) is 17.6 Å². The molecule has 1 aliphatic rings. The molecule has 1 saturated heterocycles. The predicted molar refractivity (Wildman–Crippen MR) is 57.8 cm³/mol. The number of likely N-dealkylation sites (tertiary alicyclic amines) is 1. The summed E-state index contributed by atoms with van der Waals surface area (Å²) in [6.45, 7) is 7.82. The zero-order chi connectivity index (χ0) is 10.7. The number of amides is 1. The van der Waals surface area contributed by atoms with E-state index in [9.17, 15) is 4.79 Å². The van der Waals surface area contributed by atoms with Crippen LogP contribution in [0, 0.1) is 11.8 Å². The van der Waals surface area contributed by atoms with Crippen LogP contribution in [0.15, 0.2) is 0 Å². The van der Waals surface area contributed by atoms with Gasteiger partial charge in [0.25, 0.3) is 0 Å². The maximum Gasteiger partial charge on any atom is 0.225 e. The second-order valence-electron chi connectivity index (χ2n) is 4.72. The van der Waals surface area contributed by atoms with Crippen molar-refractivity contribution in [1.29, 1.82) is 0 Å². The molecule has 1 amide bonds. The van der Waals surface area contributed by atoms with E-state index < -0.39 is 0 Å². The van der Waals surface area contributed by atoms with Crippen LogP contribution in [0.1, 0.15) is 33.6 Å². The molecule has 3 heteroatoms. The number of carbonyl (C=O) groups is 1. The van der Waals surface area contributed by atoms with Crippen molar-refractivity contribution in [1.82, 2.24) is 4.90 Å². The fourth-order valence-corrected chi connectivity index (χ4v) is 1.78. The summed E-state index contributed by atoms with van der Waals surface area (Å²) in [6.07, 6.45) is 2.11. The Morgan fingerprint density at radius 2 is 2.07 bits per heavy atom. The SMILES string of the molecule is CC(C)C(C)C(=O)N1CCCC(N)C1. The Kier molecular flexibility index (Phi) is 3.93. The summed E-state index contributed by atoms with van der Waals surface area (Å²) in [7, 11) is 0. The van der Waals surface area contributed by atoms with Crippen LogP contribution in [0.3, 0.4) is 0 Å². The minimum Gasteiger partial charge on any atom is -0.341 e. The molecule has 0 aromatic carbocycles. The van der Waals surface area contributed by atoms with Crippen LogP contribution in [0.5, 0.6) is 0 Å². The van der Waals surface area contributed by atoms with Gasteiger partial charge in [-0.15, -0.1) is 0 Å². The van der Waals surface area contributed by atoms with E-state index in [0.717, 1.165) is 25.9 Å². The lowest BCUT2D eigenvalue weighted by Crippen LogP contribution is -2.48. The van der Waals surface area contributed by atoms with Gasteiger partial charge in [-0.1, -0.05) is 20.8 Å². The lowest BCUT2D eigenvalue weighted by atomic mass is 9.95.